The molecule has 2 heterocycles. The molecule has 29 heavy (non-hydrogen) atoms. The summed E-state index contributed by atoms with van der Waals surface area (Å²) in [6.45, 7) is 2.85. The van der Waals surface area contributed by atoms with Gasteiger partial charge in [0, 0.05) is 36.2 Å². The van der Waals surface area contributed by atoms with Gasteiger partial charge in [-0.25, -0.2) is 4.79 Å². The minimum Gasteiger partial charge on any atom is -0.370 e. The Labute approximate surface area is 178 Å². The number of urea groups is 1. The molecule has 0 saturated carbocycles. The van der Waals surface area contributed by atoms with Crippen LogP contribution >= 0.6 is 15.9 Å². The molecule has 2 fully saturated rings. The molecule has 0 bridgehead atoms. The highest BCUT2D eigenvalue weighted by Crippen LogP contribution is 2.25. The third-order valence-corrected chi connectivity index (χ3v) is 5.83. The first-order valence-electron chi connectivity index (χ1n) is 9.89. The summed E-state index contributed by atoms with van der Waals surface area (Å²) in [6, 6.07) is 15.7. The fourth-order valence-electron chi connectivity index (χ4n) is 3.75. The molecular formula is C22H24BrN3O3. The van der Waals surface area contributed by atoms with E-state index < -0.39 is 0 Å². The minimum atomic E-state index is -0.121. The van der Waals surface area contributed by atoms with E-state index in [1.807, 2.05) is 53.4 Å². The third-order valence-electron chi connectivity index (χ3n) is 5.34. The topological polar surface area (TPSA) is 61.9 Å². The van der Waals surface area contributed by atoms with Crippen LogP contribution in [-0.2, 0) is 16.1 Å². The zero-order chi connectivity index (χ0) is 20.2. The number of ether oxygens (including phenoxy) is 1. The monoisotopic (exact) mass is 457 g/mol. The smallest absolute Gasteiger partial charge is 0.317 e. The quantitative estimate of drug-likeness (QED) is 0.757. The van der Waals surface area contributed by atoms with E-state index >= 15 is 0 Å². The molecule has 2 saturated heterocycles. The van der Waals surface area contributed by atoms with E-state index in [4.69, 9.17) is 4.74 Å². The first kappa shape index (κ1) is 19.9. The van der Waals surface area contributed by atoms with Crippen LogP contribution in [0.5, 0.6) is 0 Å². The average Bonchev–Trinajstić information content (AvgIpc) is 3.18. The predicted molar refractivity (Wildman–Crippen MR) is 115 cm³/mol. The second kappa shape index (κ2) is 8.97. The predicted octanol–water partition coefficient (Wildman–Crippen LogP) is 3.86. The van der Waals surface area contributed by atoms with Crippen molar-refractivity contribution in [3.63, 3.8) is 0 Å². The van der Waals surface area contributed by atoms with Gasteiger partial charge in [0.1, 0.15) is 6.10 Å². The van der Waals surface area contributed by atoms with Gasteiger partial charge in [0.15, 0.2) is 0 Å². The molecule has 6 nitrogen and oxygen atoms in total. The Bertz CT molecular complexity index is 887. The molecule has 2 aliphatic rings. The number of halogens is 1. The van der Waals surface area contributed by atoms with Gasteiger partial charge in [0.25, 0.3) is 0 Å². The highest BCUT2D eigenvalue weighted by molar-refractivity contribution is 9.10. The van der Waals surface area contributed by atoms with Crippen molar-refractivity contribution in [2.75, 3.05) is 31.1 Å². The van der Waals surface area contributed by atoms with Crippen LogP contribution in [0.15, 0.2) is 53.0 Å². The molecule has 2 aliphatic heterocycles. The largest absolute Gasteiger partial charge is 0.370 e. The normalized spacial score (nSPS) is 19.5. The fraction of sp³-hybridized carbons (Fsp3) is 0.364. The standard InChI is InChI=1S/C22H24BrN3O3/c23-18-4-1-3-17(13-18)20-15-25(11-12-29-20)22(28)24-14-16-6-8-19(9-7-16)26-10-2-5-21(26)27/h1,3-4,6-9,13,20H,2,5,10-12,14-15H2,(H,24,28). The molecular weight excluding hydrogens is 434 g/mol. The van der Waals surface area contributed by atoms with Crippen LogP contribution in [0.25, 0.3) is 0 Å². The van der Waals surface area contributed by atoms with Crippen LogP contribution in [0.2, 0.25) is 0 Å². The third kappa shape index (κ3) is 4.79. The van der Waals surface area contributed by atoms with Gasteiger partial charge in [-0.1, -0.05) is 40.2 Å². The Morgan fingerprint density at radius 3 is 2.72 bits per heavy atom. The van der Waals surface area contributed by atoms with E-state index in [0.29, 0.717) is 32.7 Å². The molecule has 152 valence electrons. The zero-order valence-corrected chi connectivity index (χ0v) is 17.7. The van der Waals surface area contributed by atoms with E-state index in [1.165, 1.54) is 0 Å². The van der Waals surface area contributed by atoms with E-state index in [1.54, 1.807) is 4.90 Å². The SMILES string of the molecule is O=C(NCc1ccc(N2CCCC2=O)cc1)N1CCOC(c2cccc(Br)c2)C1. The van der Waals surface area contributed by atoms with E-state index in [-0.39, 0.29) is 18.0 Å². The van der Waals surface area contributed by atoms with Gasteiger partial charge in [-0.05, 0) is 41.8 Å². The van der Waals surface area contributed by atoms with Crippen molar-refractivity contribution >= 4 is 33.6 Å². The first-order chi connectivity index (χ1) is 14.1. The molecule has 4 rings (SSSR count). The summed E-state index contributed by atoms with van der Waals surface area (Å²) in [6.07, 6.45) is 1.42. The van der Waals surface area contributed by atoms with Crippen LogP contribution in [0.3, 0.4) is 0 Å². The van der Waals surface area contributed by atoms with E-state index in [0.717, 1.165) is 34.3 Å². The number of carbonyl (C=O) groups excluding carboxylic acids is 2. The van der Waals surface area contributed by atoms with Gasteiger partial charge in [0.2, 0.25) is 5.91 Å². The maximum absolute atomic E-state index is 12.6. The van der Waals surface area contributed by atoms with Crippen LogP contribution in [0.4, 0.5) is 10.5 Å². The summed E-state index contributed by atoms with van der Waals surface area (Å²) in [7, 11) is 0. The Morgan fingerprint density at radius 2 is 2.00 bits per heavy atom. The van der Waals surface area contributed by atoms with Gasteiger partial charge in [0.05, 0.1) is 13.2 Å². The first-order valence-corrected chi connectivity index (χ1v) is 10.7. The number of amides is 3. The lowest BCUT2D eigenvalue weighted by Gasteiger charge is -2.33. The zero-order valence-electron chi connectivity index (χ0n) is 16.1. The summed E-state index contributed by atoms with van der Waals surface area (Å²) in [5.41, 5.74) is 2.99. The van der Waals surface area contributed by atoms with Crippen molar-refractivity contribution in [1.29, 1.82) is 0 Å². The van der Waals surface area contributed by atoms with Crippen molar-refractivity contribution in [1.82, 2.24) is 10.2 Å². The summed E-state index contributed by atoms with van der Waals surface area (Å²) >= 11 is 3.48. The molecule has 2 aromatic carbocycles. The molecule has 0 spiro atoms. The van der Waals surface area contributed by atoms with E-state index in [9.17, 15) is 9.59 Å². The second-order valence-corrected chi connectivity index (χ2v) is 8.25. The number of anilines is 1. The maximum atomic E-state index is 12.6. The number of hydrogen-bond donors (Lipinski definition) is 1. The molecule has 7 heteroatoms. The maximum Gasteiger partial charge on any atom is 0.317 e. The molecule has 0 aromatic heterocycles. The Morgan fingerprint density at radius 1 is 1.17 bits per heavy atom. The van der Waals surface area contributed by atoms with Crippen molar-refractivity contribution in [2.24, 2.45) is 0 Å². The summed E-state index contributed by atoms with van der Waals surface area (Å²) in [5, 5.41) is 2.99. The van der Waals surface area contributed by atoms with Gasteiger partial charge in [-0.3, -0.25) is 4.79 Å². The van der Waals surface area contributed by atoms with Crippen molar-refractivity contribution in [2.45, 2.75) is 25.5 Å². The van der Waals surface area contributed by atoms with Crippen LogP contribution < -0.4 is 10.2 Å². The van der Waals surface area contributed by atoms with Gasteiger partial charge < -0.3 is 19.9 Å². The van der Waals surface area contributed by atoms with Crippen LogP contribution in [-0.4, -0.2) is 43.1 Å². The molecule has 0 radical (unpaired) electrons. The number of carbonyl (C=O) groups is 2. The fourth-order valence-corrected chi connectivity index (χ4v) is 4.16. The Balaban J connectivity index is 1.31. The molecule has 1 unspecified atom stereocenters. The van der Waals surface area contributed by atoms with Crippen LogP contribution in [0, 0.1) is 0 Å². The number of benzene rings is 2. The van der Waals surface area contributed by atoms with Crippen molar-refractivity contribution in [3.8, 4) is 0 Å². The number of rotatable bonds is 4. The van der Waals surface area contributed by atoms with Crippen molar-refractivity contribution < 1.29 is 14.3 Å². The molecule has 0 aliphatic carbocycles. The molecule has 1 atom stereocenters. The number of nitrogens with zero attached hydrogens (tertiary/aromatic N) is 2. The highest BCUT2D eigenvalue weighted by Gasteiger charge is 2.25. The lowest BCUT2D eigenvalue weighted by Crippen LogP contribution is -2.46. The van der Waals surface area contributed by atoms with Crippen molar-refractivity contribution in [3.05, 3.63) is 64.1 Å². The summed E-state index contributed by atoms with van der Waals surface area (Å²) in [5.74, 6) is 0.179. The number of nitrogens with one attached hydrogen (secondary N) is 1. The lowest BCUT2D eigenvalue weighted by atomic mass is 10.1. The number of hydrogen-bond acceptors (Lipinski definition) is 3. The van der Waals surface area contributed by atoms with Gasteiger partial charge in [-0.2, -0.15) is 0 Å². The minimum absolute atomic E-state index is 0.0907. The molecule has 2 aromatic rings. The molecule has 1 N–H and O–H groups in total. The highest BCUT2D eigenvalue weighted by atomic mass is 79.9. The Kier molecular flexibility index (Phi) is 6.16. The molecule has 3 amide bonds. The average molecular weight is 458 g/mol. The summed E-state index contributed by atoms with van der Waals surface area (Å²) in [4.78, 5) is 28.1. The van der Waals surface area contributed by atoms with Crippen LogP contribution in [0.1, 0.15) is 30.1 Å². The summed E-state index contributed by atoms with van der Waals surface area (Å²) < 4.78 is 6.86. The lowest BCUT2D eigenvalue weighted by molar-refractivity contribution is -0.117. The van der Waals surface area contributed by atoms with Gasteiger partial charge >= 0.3 is 6.03 Å². The second-order valence-electron chi connectivity index (χ2n) is 7.33. The Hall–Kier alpha value is -2.38. The van der Waals surface area contributed by atoms with E-state index in [2.05, 4.69) is 21.2 Å². The van der Waals surface area contributed by atoms with Gasteiger partial charge in [-0.15, -0.1) is 0 Å². The number of morpholine rings is 1.